The van der Waals surface area contributed by atoms with Crippen molar-refractivity contribution in [3.63, 3.8) is 0 Å². The van der Waals surface area contributed by atoms with E-state index in [1.807, 2.05) is 12.1 Å². The second kappa shape index (κ2) is 6.66. The summed E-state index contributed by atoms with van der Waals surface area (Å²) >= 11 is 5.98. The average Bonchev–Trinajstić information content (AvgIpc) is 2.88. The van der Waals surface area contributed by atoms with Crippen molar-refractivity contribution >= 4 is 17.3 Å². The van der Waals surface area contributed by atoms with Gasteiger partial charge in [-0.15, -0.1) is 0 Å². The van der Waals surface area contributed by atoms with E-state index < -0.39 is 0 Å². The van der Waals surface area contributed by atoms with Crippen molar-refractivity contribution in [3.8, 4) is 6.07 Å². The van der Waals surface area contributed by atoms with Gasteiger partial charge in [0.2, 0.25) is 0 Å². The lowest BCUT2D eigenvalue weighted by atomic mass is 10.0. The number of nitrogens with zero attached hydrogens (tertiary/aromatic N) is 1. The molecule has 0 aliphatic heterocycles. The van der Waals surface area contributed by atoms with Gasteiger partial charge in [0.15, 0.2) is 0 Å². The lowest BCUT2D eigenvalue weighted by Crippen LogP contribution is -2.04. The van der Waals surface area contributed by atoms with E-state index in [1.54, 1.807) is 6.07 Å². The molecule has 2 rings (SSSR count). The van der Waals surface area contributed by atoms with Gasteiger partial charge < -0.3 is 5.32 Å². The second-order valence-electron chi connectivity index (χ2n) is 5.03. The summed E-state index contributed by atoms with van der Waals surface area (Å²) in [6, 6.07) is 7.58. The molecule has 0 unspecified atom stereocenters. The minimum atomic E-state index is 0.526. The Morgan fingerprint density at radius 1 is 1.33 bits per heavy atom. The third kappa shape index (κ3) is 3.65. The maximum absolute atomic E-state index is 8.79. The third-order valence-electron chi connectivity index (χ3n) is 3.68. The first-order valence-corrected chi connectivity index (χ1v) is 7.11. The van der Waals surface area contributed by atoms with E-state index in [4.69, 9.17) is 16.9 Å². The van der Waals surface area contributed by atoms with E-state index in [9.17, 15) is 0 Å². The zero-order valence-corrected chi connectivity index (χ0v) is 11.3. The number of nitrogens with one attached hydrogen (secondary N) is 1. The van der Waals surface area contributed by atoms with Crippen molar-refractivity contribution in [1.82, 2.24) is 0 Å². The topological polar surface area (TPSA) is 35.8 Å². The fourth-order valence-corrected chi connectivity index (χ4v) is 2.86. The quantitative estimate of drug-likeness (QED) is 0.788. The molecule has 0 heterocycles. The lowest BCUT2D eigenvalue weighted by Gasteiger charge is -2.10. The highest BCUT2D eigenvalue weighted by Crippen LogP contribution is 2.28. The molecule has 96 valence electrons. The van der Waals surface area contributed by atoms with Crippen LogP contribution in [-0.4, -0.2) is 6.54 Å². The maximum atomic E-state index is 8.79. The molecule has 0 bridgehead atoms. The van der Waals surface area contributed by atoms with Crippen LogP contribution in [0.3, 0.4) is 0 Å². The first-order valence-electron chi connectivity index (χ1n) is 6.73. The van der Waals surface area contributed by atoms with E-state index in [1.165, 1.54) is 38.5 Å². The minimum Gasteiger partial charge on any atom is -0.385 e. The number of rotatable bonds is 5. The number of halogens is 1. The Balaban J connectivity index is 1.73. The molecule has 3 heteroatoms. The fraction of sp³-hybridized carbons (Fsp3) is 0.533. The van der Waals surface area contributed by atoms with E-state index in [-0.39, 0.29) is 0 Å². The molecule has 1 aliphatic rings. The van der Waals surface area contributed by atoms with Crippen LogP contribution < -0.4 is 5.32 Å². The van der Waals surface area contributed by atoms with E-state index in [0.717, 1.165) is 18.2 Å². The largest absolute Gasteiger partial charge is 0.385 e. The summed E-state index contributed by atoms with van der Waals surface area (Å²) in [5, 5.41) is 12.7. The van der Waals surface area contributed by atoms with Gasteiger partial charge in [-0.1, -0.05) is 37.3 Å². The van der Waals surface area contributed by atoms with Crippen LogP contribution in [0.4, 0.5) is 5.69 Å². The van der Waals surface area contributed by atoms with Crippen LogP contribution in [0.2, 0.25) is 5.02 Å². The van der Waals surface area contributed by atoms with Crippen LogP contribution in [0.15, 0.2) is 18.2 Å². The standard InChI is InChI=1S/C15H19ClN2/c16-15-10-14(8-7-13(15)11-17)18-9-3-6-12-4-1-2-5-12/h7-8,10,12,18H,1-6,9H2. The highest BCUT2D eigenvalue weighted by Gasteiger charge is 2.13. The predicted octanol–water partition coefficient (Wildman–Crippen LogP) is 4.59. The Morgan fingerprint density at radius 2 is 2.11 bits per heavy atom. The molecule has 1 fully saturated rings. The van der Waals surface area contributed by atoms with Gasteiger partial charge in [-0.05, 0) is 37.0 Å². The summed E-state index contributed by atoms with van der Waals surface area (Å²) in [5.41, 5.74) is 1.54. The van der Waals surface area contributed by atoms with Gasteiger partial charge in [-0.25, -0.2) is 0 Å². The molecule has 2 nitrogen and oxygen atoms in total. The SMILES string of the molecule is N#Cc1ccc(NCCCC2CCCC2)cc1Cl. The third-order valence-corrected chi connectivity index (χ3v) is 4.00. The average molecular weight is 263 g/mol. The molecule has 0 radical (unpaired) electrons. The lowest BCUT2D eigenvalue weighted by molar-refractivity contribution is 0.491. The van der Waals surface area contributed by atoms with Gasteiger partial charge in [0.05, 0.1) is 10.6 Å². The molecule has 0 amide bonds. The van der Waals surface area contributed by atoms with Crippen molar-refractivity contribution in [2.24, 2.45) is 5.92 Å². The van der Waals surface area contributed by atoms with E-state index >= 15 is 0 Å². The van der Waals surface area contributed by atoms with Crippen molar-refractivity contribution in [2.45, 2.75) is 38.5 Å². The van der Waals surface area contributed by atoms with Crippen LogP contribution in [-0.2, 0) is 0 Å². The summed E-state index contributed by atoms with van der Waals surface area (Å²) in [4.78, 5) is 0. The van der Waals surface area contributed by atoms with Gasteiger partial charge >= 0.3 is 0 Å². The zero-order valence-electron chi connectivity index (χ0n) is 10.6. The van der Waals surface area contributed by atoms with Crippen molar-refractivity contribution in [1.29, 1.82) is 5.26 Å². The molecule has 18 heavy (non-hydrogen) atoms. The maximum Gasteiger partial charge on any atom is 0.101 e. The normalized spacial score (nSPS) is 15.6. The van der Waals surface area contributed by atoms with Crippen molar-refractivity contribution < 1.29 is 0 Å². The molecule has 0 aromatic heterocycles. The molecule has 1 N–H and O–H groups in total. The summed E-state index contributed by atoms with van der Waals surface area (Å²) in [7, 11) is 0. The van der Waals surface area contributed by atoms with Gasteiger partial charge in [0, 0.05) is 12.2 Å². The van der Waals surface area contributed by atoms with Gasteiger partial charge in [-0.3, -0.25) is 0 Å². The molecule has 1 aliphatic carbocycles. The Hall–Kier alpha value is -1.20. The summed E-state index contributed by atoms with van der Waals surface area (Å²) in [6.07, 6.45) is 8.22. The van der Waals surface area contributed by atoms with Crippen molar-refractivity contribution in [3.05, 3.63) is 28.8 Å². The number of hydrogen-bond donors (Lipinski definition) is 1. The number of anilines is 1. The smallest absolute Gasteiger partial charge is 0.101 e. The monoisotopic (exact) mass is 262 g/mol. The van der Waals surface area contributed by atoms with Crippen LogP contribution in [0.25, 0.3) is 0 Å². The highest BCUT2D eigenvalue weighted by molar-refractivity contribution is 6.32. The molecule has 0 saturated heterocycles. The van der Waals surface area contributed by atoms with Gasteiger partial charge in [0.1, 0.15) is 6.07 Å². The fourth-order valence-electron chi connectivity index (χ4n) is 2.64. The first-order chi connectivity index (χ1) is 8.79. The molecule has 1 aromatic rings. The summed E-state index contributed by atoms with van der Waals surface area (Å²) in [5.74, 6) is 0.955. The number of hydrogen-bond acceptors (Lipinski definition) is 2. The Labute approximate surface area is 114 Å². The molecular formula is C15H19ClN2. The van der Waals surface area contributed by atoms with Crippen LogP contribution in [0.5, 0.6) is 0 Å². The highest BCUT2D eigenvalue weighted by atomic mass is 35.5. The van der Waals surface area contributed by atoms with Crippen LogP contribution in [0, 0.1) is 17.2 Å². The summed E-state index contributed by atoms with van der Waals surface area (Å²) in [6.45, 7) is 0.985. The molecule has 1 saturated carbocycles. The zero-order chi connectivity index (χ0) is 12.8. The Kier molecular flexibility index (Phi) is 4.90. The van der Waals surface area contributed by atoms with Crippen molar-refractivity contribution in [2.75, 3.05) is 11.9 Å². The first kappa shape index (κ1) is 13.2. The van der Waals surface area contributed by atoms with E-state index in [0.29, 0.717) is 10.6 Å². The predicted molar refractivity (Wildman–Crippen MR) is 75.8 cm³/mol. The second-order valence-corrected chi connectivity index (χ2v) is 5.43. The molecular weight excluding hydrogens is 244 g/mol. The molecule has 0 spiro atoms. The van der Waals surface area contributed by atoms with E-state index in [2.05, 4.69) is 11.4 Å². The van der Waals surface area contributed by atoms with Gasteiger partial charge in [-0.2, -0.15) is 5.26 Å². The van der Waals surface area contributed by atoms with Gasteiger partial charge in [0.25, 0.3) is 0 Å². The number of benzene rings is 1. The molecule has 1 aromatic carbocycles. The Morgan fingerprint density at radius 3 is 2.78 bits per heavy atom. The summed E-state index contributed by atoms with van der Waals surface area (Å²) < 4.78 is 0. The Bertz CT molecular complexity index is 431. The minimum absolute atomic E-state index is 0.526. The van der Waals surface area contributed by atoms with Crippen LogP contribution in [0.1, 0.15) is 44.1 Å². The number of nitriles is 1. The molecule has 0 atom stereocenters. The van der Waals surface area contributed by atoms with Crippen LogP contribution >= 0.6 is 11.6 Å².